The Labute approximate surface area is 128 Å². The molecule has 2 rings (SSSR count). The van der Waals surface area contributed by atoms with Crippen molar-refractivity contribution in [1.82, 2.24) is 9.29 Å². The summed E-state index contributed by atoms with van der Waals surface area (Å²) in [7, 11) is -2.43. The summed E-state index contributed by atoms with van der Waals surface area (Å²) in [6.45, 7) is 1.75. The van der Waals surface area contributed by atoms with E-state index < -0.39 is 21.5 Å². The van der Waals surface area contributed by atoms with Crippen molar-refractivity contribution in [3.8, 4) is 0 Å². The Morgan fingerprint density at radius 3 is 2.38 bits per heavy atom. The fraction of sp³-hybridized carbons (Fsp3) is 0.214. The van der Waals surface area contributed by atoms with Gasteiger partial charge in [-0.05, 0) is 24.6 Å². The van der Waals surface area contributed by atoms with Gasteiger partial charge in [0, 0.05) is 36.6 Å². The lowest BCUT2D eigenvalue weighted by molar-refractivity contribution is 0.398. The van der Waals surface area contributed by atoms with E-state index in [2.05, 4.69) is 4.98 Å². The van der Waals surface area contributed by atoms with Crippen molar-refractivity contribution in [2.75, 3.05) is 7.05 Å². The zero-order chi connectivity index (χ0) is 15.6. The van der Waals surface area contributed by atoms with E-state index in [-0.39, 0.29) is 4.90 Å². The average Bonchev–Trinajstić information content (AvgIpc) is 2.46. The number of pyridine rings is 1. The van der Waals surface area contributed by atoms with Crippen molar-refractivity contribution in [3.63, 3.8) is 0 Å². The zero-order valence-electron chi connectivity index (χ0n) is 11.6. The highest BCUT2D eigenvalue weighted by Crippen LogP contribution is 2.25. The molecule has 0 saturated heterocycles. The van der Waals surface area contributed by atoms with Gasteiger partial charge in [0.15, 0.2) is 0 Å². The van der Waals surface area contributed by atoms with Crippen LogP contribution in [0.5, 0.6) is 0 Å². The molecule has 0 bridgehead atoms. The largest absolute Gasteiger partial charge is 0.366 e. The van der Waals surface area contributed by atoms with Gasteiger partial charge in [-0.3, -0.25) is 4.79 Å². The van der Waals surface area contributed by atoms with Crippen LogP contribution in [0.15, 0.2) is 52.4 Å². The fourth-order valence-corrected chi connectivity index (χ4v) is 3.43. The first kappa shape index (κ1) is 15.8. The fourth-order valence-electron chi connectivity index (χ4n) is 1.92. The molecule has 21 heavy (non-hydrogen) atoms. The van der Waals surface area contributed by atoms with Gasteiger partial charge < -0.3 is 4.98 Å². The number of rotatable bonds is 4. The highest BCUT2D eigenvalue weighted by Gasteiger charge is 2.28. The van der Waals surface area contributed by atoms with Gasteiger partial charge in [-0.15, -0.1) is 0 Å². The number of aromatic amines is 1. The number of hydrogen-bond acceptors (Lipinski definition) is 3. The SMILES string of the molecule is CC(c1ccc(Cl)cc1)N(C)S(=O)(=O)c1c[nH]ccc1=O. The van der Waals surface area contributed by atoms with E-state index >= 15 is 0 Å². The van der Waals surface area contributed by atoms with Gasteiger partial charge in [-0.1, -0.05) is 23.7 Å². The van der Waals surface area contributed by atoms with Gasteiger partial charge in [-0.25, -0.2) is 8.42 Å². The summed E-state index contributed by atoms with van der Waals surface area (Å²) in [6, 6.07) is 7.68. The first-order valence-electron chi connectivity index (χ1n) is 6.24. The second kappa shape index (κ2) is 6.01. The molecule has 1 N–H and O–H groups in total. The van der Waals surface area contributed by atoms with E-state index in [4.69, 9.17) is 11.6 Å². The van der Waals surface area contributed by atoms with Crippen molar-refractivity contribution in [3.05, 3.63) is 63.5 Å². The number of H-pyrrole nitrogens is 1. The third-order valence-electron chi connectivity index (χ3n) is 3.34. The Morgan fingerprint density at radius 1 is 1.19 bits per heavy atom. The lowest BCUT2D eigenvalue weighted by Gasteiger charge is -2.24. The van der Waals surface area contributed by atoms with Crippen LogP contribution < -0.4 is 5.43 Å². The number of aromatic nitrogens is 1. The van der Waals surface area contributed by atoms with Crippen LogP contribution in [0.3, 0.4) is 0 Å². The molecular weight excluding hydrogens is 312 g/mol. The van der Waals surface area contributed by atoms with Crippen LogP contribution in [0.2, 0.25) is 5.02 Å². The molecule has 0 spiro atoms. The average molecular weight is 327 g/mol. The molecule has 0 amide bonds. The summed E-state index contributed by atoms with van der Waals surface area (Å²) in [4.78, 5) is 14.1. The number of hydrogen-bond donors (Lipinski definition) is 1. The van der Waals surface area contributed by atoms with Crippen LogP contribution in [0.25, 0.3) is 0 Å². The molecule has 7 heteroatoms. The Balaban J connectivity index is 2.39. The van der Waals surface area contributed by atoms with E-state index in [1.807, 2.05) is 0 Å². The lowest BCUT2D eigenvalue weighted by atomic mass is 10.1. The van der Waals surface area contributed by atoms with Crippen molar-refractivity contribution >= 4 is 21.6 Å². The molecule has 1 aromatic carbocycles. The molecular formula is C14H15ClN2O3S. The minimum Gasteiger partial charge on any atom is -0.366 e. The minimum absolute atomic E-state index is 0.270. The Bertz CT molecular complexity index is 784. The third-order valence-corrected chi connectivity index (χ3v) is 5.54. The first-order chi connectivity index (χ1) is 9.84. The normalized spacial score (nSPS) is 13.3. The molecule has 0 saturated carbocycles. The van der Waals surface area contributed by atoms with Gasteiger partial charge >= 0.3 is 0 Å². The number of sulfonamides is 1. The van der Waals surface area contributed by atoms with Crippen LogP contribution in [-0.2, 0) is 10.0 Å². The highest BCUT2D eigenvalue weighted by atomic mass is 35.5. The molecule has 1 aromatic heterocycles. The Kier molecular flexibility index (Phi) is 4.51. The topological polar surface area (TPSA) is 70.2 Å². The van der Waals surface area contributed by atoms with Crippen molar-refractivity contribution in [2.45, 2.75) is 17.9 Å². The summed E-state index contributed by atoms with van der Waals surface area (Å²) in [5.41, 5.74) is 0.252. The van der Waals surface area contributed by atoms with E-state index in [1.165, 1.54) is 29.8 Å². The van der Waals surface area contributed by atoms with Gasteiger partial charge in [0.25, 0.3) is 0 Å². The van der Waals surface area contributed by atoms with Crippen LogP contribution in [0, 0.1) is 0 Å². The maximum Gasteiger partial charge on any atom is 0.248 e. The number of nitrogens with zero attached hydrogens (tertiary/aromatic N) is 1. The van der Waals surface area contributed by atoms with Gasteiger partial charge in [0.1, 0.15) is 4.90 Å². The predicted molar refractivity (Wildman–Crippen MR) is 81.9 cm³/mol. The lowest BCUT2D eigenvalue weighted by Crippen LogP contribution is -2.32. The number of nitrogens with one attached hydrogen (secondary N) is 1. The van der Waals surface area contributed by atoms with Crippen molar-refractivity contribution in [1.29, 1.82) is 0 Å². The van der Waals surface area contributed by atoms with Gasteiger partial charge in [-0.2, -0.15) is 4.31 Å². The maximum absolute atomic E-state index is 12.5. The van der Waals surface area contributed by atoms with Crippen LogP contribution in [0.1, 0.15) is 18.5 Å². The smallest absolute Gasteiger partial charge is 0.248 e. The summed E-state index contributed by atoms with van der Waals surface area (Å²) in [5, 5.41) is 0.580. The van der Waals surface area contributed by atoms with Crippen molar-refractivity contribution < 1.29 is 8.42 Å². The summed E-state index contributed by atoms with van der Waals surface area (Å²) < 4.78 is 26.2. The minimum atomic E-state index is -3.87. The predicted octanol–water partition coefficient (Wildman–Crippen LogP) is 2.41. The van der Waals surface area contributed by atoms with Crippen molar-refractivity contribution in [2.24, 2.45) is 0 Å². The molecule has 0 aliphatic rings. The summed E-state index contributed by atoms with van der Waals surface area (Å²) >= 11 is 5.83. The molecule has 0 aliphatic heterocycles. The number of benzene rings is 1. The standard InChI is InChI=1S/C14H15ClN2O3S/c1-10(11-3-5-12(15)6-4-11)17(2)21(19,20)14-9-16-8-7-13(14)18/h3-10H,1-2H3,(H,16,18). The Hall–Kier alpha value is -1.63. The molecule has 1 unspecified atom stereocenters. The molecule has 0 radical (unpaired) electrons. The molecule has 0 aliphatic carbocycles. The van der Waals surface area contributed by atoms with E-state index in [0.29, 0.717) is 5.02 Å². The summed E-state index contributed by atoms with van der Waals surface area (Å²) in [5.74, 6) is 0. The molecule has 112 valence electrons. The van der Waals surface area contributed by atoms with E-state index in [0.717, 1.165) is 5.56 Å². The molecule has 1 atom stereocenters. The quantitative estimate of drug-likeness (QED) is 0.938. The summed E-state index contributed by atoms with van der Waals surface area (Å²) in [6.07, 6.45) is 2.59. The maximum atomic E-state index is 12.5. The van der Waals surface area contributed by atoms with E-state index in [1.54, 1.807) is 31.2 Å². The highest BCUT2D eigenvalue weighted by molar-refractivity contribution is 7.89. The second-order valence-electron chi connectivity index (χ2n) is 4.62. The van der Waals surface area contributed by atoms with Crippen LogP contribution in [0.4, 0.5) is 0 Å². The molecule has 0 fully saturated rings. The molecule has 5 nitrogen and oxygen atoms in total. The monoisotopic (exact) mass is 326 g/mol. The van der Waals surface area contributed by atoms with Crippen LogP contribution in [-0.4, -0.2) is 24.8 Å². The van der Waals surface area contributed by atoms with E-state index in [9.17, 15) is 13.2 Å². The third kappa shape index (κ3) is 3.18. The Morgan fingerprint density at radius 2 is 1.81 bits per heavy atom. The second-order valence-corrected chi connectivity index (χ2v) is 7.02. The zero-order valence-corrected chi connectivity index (χ0v) is 13.1. The molecule has 1 heterocycles. The van der Waals surface area contributed by atoms with Gasteiger partial charge in [0.2, 0.25) is 15.5 Å². The number of halogens is 1. The van der Waals surface area contributed by atoms with Gasteiger partial charge in [0.05, 0.1) is 0 Å². The molecule has 2 aromatic rings. The van der Waals surface area contributed by atoms with Crippen LogP contribution >= 0.6 is 11.6 Å². The first-order valence-corrected chi connectivity index (χ1v) is 8.06.